The van der Waals surface area contributed by atoms with Gasteiger partial charge in [-0.15, -0.1) is 0 Å². The second kappa shape index (κ2) is 11.2. The fourth-order valence-corrected chi connectivity index (χ4v) is 5.39. The van der Waals surface area contributed by atoms with E-state index in [0.717, 1.165) is 11.1 Å². The van der Waals surface area contributed by atoms with Gasteiger partial charge in [0, 0.05) is 44.1 Å². The van der Waals surface area contributed by atoms with Crippen molar-refractivity contribution in [1.82, 2.24) is 25.2 Å². The van der Waals surface area contributed by atoms with Crippen LogP contribution in [0, 0.1) is 0 Å². The summed E-state index contributed by atoms with van der Waals surface area (Å²) in [5.41, 5.74) is 2.60. The lowest BCUT2D eigenvalue weighted by atomic mass is 9.69. The van der Waals surface area contributed by atoms with E-state index in [1.807, 2.05) is 60.4 Å². The Morgan fingerprint density at radius 2 is 1.69 bits per heavy atom. The first kappa shape index (κ1) is 26.4. The fraction of sp³-hybridized carbons (Fsp3) is 0.333. The highest BCUT2D eigenvalue weighted by atomic mass is 16.3. The molecule has 0 spiro atoms. The molecule has 1 fully saturated rings. The summed E-state index contributed by atoms with van der Waals surface area (Å²) in [4.78, 5) is 39.4. The number of hydrogen-bond donors (Lipinski definition) is 4. The number of aromatic nitrogens is 3. The number of hydrogen-bond acceptors (Lipinski definition) is 6. The van der Waals surface area contributed by atoms with Crippen LogP contribution in [0.5, 0.6) is 0 Å². The van der Waals surface area contributed by atoms with Gasteiger partial charge in [-0.2, -0.15) is 0 Å². The number of piperidine rings is 1. The number of likely N-dealkylation sites (tertiary alicyclic amines) is 1. The molecule has 0 radical (unpaired) electrons. The van der Waals surface area contributed by atoms with Gasteiger partial charge in [-0.1, -0.05) is 60.7 Å². The van der Waals surface area contributed by atoms with E-state index in [2.05, 4.69) is 27.8 Å². The van der Waals surface area contributed by atoms with Gasteiger partial charge in [0.15, 0.2) is 5.82 Å². The molecule has 4 N–H and O–H groups in total. The summed E-state index contributed by atoms with van der Waals surface area (Å²) < 4.78 is 0. The third kappa shape index (κ3) is 5.49. The van der Waals surface area contributed by atoms with Gasteiger partial charge in [0.2, 0.25) is 5.91 Å². The van der Waals surface area contributed by atoms with Gasteiger partial charge in [0.1, 0.15) is 17.2 Å². The lowest BCUT2D eigenvalue weighted by molar-refractivity contribution is -0.118. The molecule has 0 saturated carbocycles. The Labute approximate surface area is 227 Å². The lowest BCUT2D eigenvalue weighted by Gasteiger charge is -2.44. The molecule has 1 atom stereocenters. The number of nitrogens with zero attached hydrogens (tertiary/aromatic N) is 3. The van der Waals surface area contributed by atoms with Crippen LogP contribution in [0.3, 0.4) is 0 Å². The predicted octanol–water partition coefficient (Wildman–Crippen LogP) is 3.73. The molecule has 0 bridgehead atoms. The first-order valence-corrected chi connectivity index (χ1v) is 13.3. The van der Waals surface area contributed by atoms with E-state index in [1.54, 1.807) is 6.07 Å². The zero-order valence-corrected chi connectivity index (χ0v) is 22.3. The number of fused-ring (bicyclic) bond motifs is 1. The van der Waals surface area contributed by atoms with Gasteiger partial charge in [-0.05, 0) is 31.4 Å². The highest BCUT2D eigenvalue weighted by Crippen LogP contribution is 2.39. The molecule has 2 aromatic heterocycles. The first-order valence-electron chi connectivity index (χ1n) is 13.3. The van der Waals surface area contributed by atoms with Crippen LogP contribution >= 0.6 is 0 Å². The molecule has 2 aromatic carbocycles. The van der Waals surface area contributed by atoms with Crippen LogP contribution in [-0.4, -0.2) is 69.1 Å². The number of amides is 2. The minimum absolute atomic E-state index is 0.0995. The maximum Gasteiger partial charge on any atom is 0.270 e. The van der Waals surface area contributed by atoms with Crippen LogP contribution in [0.2, 0.25) is 0 Å². The molecule has 1 aliphatic rings. The largest absolute Gasteiger partial charge is 0.392 e. The Balaban J connectivity index is 1.40. The van der Waals surface area contributed by atoms with Crippen molar-refractivity contribution in [3.8, 4) is 11.4 Å². The second-order valence-electron chi connectivity index (χ2n) is 10.1. The van der Waals surface area contributed by atoms with Crippen molar-refractivity contribution in [2.24, 2.45) is 0 Å². The van der Waals surface area contributed by atoms with Crippen molar-refractivity contribution in [3.63, 3.8) is 0 Å². The fourth-order valence-electron chi connectivity index (χ4n) is 5.39. The highest BCUT2D eigenvalue weighted by Gasteiger charge is 2.41. The van der Waals surface area contributed by atoms with E-state index in [1.165, 1.54) is 6.92 Å². The molecular weight excluding hydrogens is 492 g/mol. The number of rotatable bonds is 8. The molecule has 9 heteroatoms. The van der Waals surface area contributed by atoms with Crippen molar-refractivity contribution in [3.05, 3.63) is 78.0 Å². The van der Waals surface area contributed by atoms with Gasteiger partial charge in [-0.3, -0.25) is 9.59 Å². The quantitative estimate of drug-likeness (QED) is 0.260. The zero-order valence-electron chi connectivity index (χ0n) is 22.3. The van der Waals surface area contributed by atoms with Crippen molar-refractivity contribution < 1.29 is 14.7 Å². The van der Waals surface area contributed by atoms with Crippen LogP contribution in [0.15, 0.2) is 66.7 Å². The zero-order chi connectivity index (χ0) is 27.4. The topological polar surface area (TPSA) is 123 Å². The van der Waals surface area contributed by atoms with Crippen LogP contribution in [0.25, 0.3) is 22.4 Å². The Morgan fingerprint density at radius 3 is 2.33 bits per heavy atom. The predicted molar refractivity (Wildman–Crippen MR) is 151 cm³/mol. The van der Waals surface area contributed by atoms with Crippen LogP contribution in [0.1, 0.15) is 42.7 Å². The molecule has 1 unspecified atom stereocenters. The van der Waals surface area contributed by atoms with Gasteiger partial charge in [-0.25, -0.2) is 9.97 Å². The van der Waals surface area contributed by atoms with E-state index in [0.29, 0.717) is 67.4 Å². The van der Waals surface area contributed by atoms with Crippen molar-refractivity contribution in [1.29, 1.82) is 0 Å². The number of nitrogens with one attached hydrogen (secondary N) is 3. The summed E-state index contributed by atoms with van der Waals surface area (Å²) >= 11 is 0. The normalized spacial score (nSPS) is 15.6. The maximum absolute atomic E-state index is 13.6. The van der Waals surface area contributed by atoms with Crippen molar-refractivity contribution in [2.45, 2.75) is 38.2 Å². The molecule has 1 saturated heterocycles. The average molecular weight is 527 g/mol. The molecule has 2 amide bonds. The number of carbonyl (C=O) groups excluding carboxylic acids is 2. The number of benzene rings is 2. The Bertz CT molecular complexity index is 1440. The summed E-state index contributed by atoms with van der Waals surface area (Å²) in [6, 6.07) is 21.5. The summed E-state index contributed by atoms with van der Waals surface area (Å²) in [5.74, 6) is 0.923. The van der Waals surface area contributed by atoms with Gasteiger partial charge in [0.25, 0.3) is 5.91 Å². The van der Waals surface area contributed by atoms with Crippen LogP contribution in [-0.2, 0) is 10.2 Å². The van der Waals surface area contributed by atoms with E-state index in [4.69, 9.17) is 9.97 Å². The Hall–Kier alpha value is -4.24. The van der Waals surface area contributed by atoms with Crippen molar-refractivity contribution >= 4 is 28.7 Å². The SMILES string of the molecule is CC(=O)NCCNc1nc(-c2ccccc2)nc2[nH]c(C(=O)N3CCC(c4ccccc4)(C(C)O)CC3)cc12. The average Bonchev–Trinajstić information content (AvgIpc) is 3.40. The van der Waals surface area contributed by atoms with E-state index in [-0.39, 0.29) is 17.2 Å². The number of anilines is 1. The summed E-state index contributed by atoms with van der Waals surface area (Å²) in [6.45, 7) is 5.31. The highest BCUT2D eigenvalue weighted by molar-refractivity contribution is 6.00. The number of carbonyl (C=O) groups is 2. The first-order chi connectivity index (χ1) is 18.9. The van der Waals surface area contributed by atoms with Crippen LogP contribution < -0.4 is 10.6 Å². The van der Waals surface area contributed by atoms with Gasteiger partial charge >= 0.3 is 0 Å². The third-order valence-electron chi connectivity index (χ3n) is 7.63. The smallest absolute Gasteiger partial charge is 0.270 e. The van der Waals surface area contributed by atoms with Crippen molar-refractivity contribution in [2.75, 3.05) is 31.5 Å². The third-order valence-corrected chi connectivity index (χ3v) is 7.63. The molecule has 39 heavy (non-hydrogen) atoms. The molecule has 202 valence electrons. The molecule has 9 nitrogen and oxygen atoms in total. The van der Waals surface area contributed by atoms with Gasteiger partial charge in [0.05, 0.1) is 11.5 Å². The molecule has 4 aromatic rings. The standard InChI is InChI=1S/C30H34N6O3/c1-20(37)30(23-11-7-4-8-12-23)13-17-36(18-14-30)29(39)25-19-24-27(32-16-15-31-21(2)38)34-26(35-28(24)33-25)22-9-5-3-6-10-22/h3-12,19-20,37H,13-18H2,1-2H3,(H,31,38)(H2,32,33,34,35). The van der Waals surface area contributed by atoms with E-state index >= 15 is 0 Å². The number of aliphatic hydroxyl groups excluding tert-OH is 1. The summed E-state index contributed by atoms with van der Waals surface area (Å²) in [6.07, 6.45) is 0.825. The molecule has 1 aliphatic heterocycles. The minimum atomic E-state index is -0.525. The minimum Gasteiger partial charge on any atom is -0.392 e. The summed E-state index contributed by atoms with van der Waals surface area (Å²) in [5, 5.41) is 17.5. The number of aliphatic hydroxyl groups is 1. The Morgan fingerprint density at radius 1 is 1.03 bits per heavy atom. The molecular formula is C30H34N6O3. The van der Waals surface area contributed by atoms with Crippen LogP contribution in [0.4, 0.5) is 5.82 Å². The molecule has 5 rings (SSSR count). The molecule has 3 heterocycles. The second-order valence-corrected chi connectivity index (χ2v) is 10.1. The summed E-state index contributed by atoms with van der Waals surface area (Å²) in [7, 11) is 0. The van der Waals surface area contributed by atoms with E-state index in [9.17, 15) is 14.7 Å². The lowest BCUT2D eigenvalue weighted by Crippen LogP contribution is -2.50. The molecule has 0 aliphatic carbocycles. The monoisotopic (exact) mass is 526 g/mol. The maximum atomic E-state index is 13.6. The van der Waals surface area contributed by atoms with Gasteiger partial charge < -0.3 is 25.6 Å². The number of H-pyrrole nitrogens is 1. The number of aromatic amines is 1. The Kier molecular flexibility index (Phi) is 7.60. The van der Waals surface area contributed by atoms with E-state index < -0.39 is 6.10 Å².